The Morgan fingerprint density at radius 1 is 1.45 bits per heavy atom. The topological polar surface area (TPSA) is 58.4 Å². The summed E-state index contributed by atoms with van der Waals surface area (Å²) in [4.78, 5) is 14.0. The van der Waals surface area contributed by atoms with Gasteiger partial charge in [0.05, 0.1) is 5.69 Å². The van der Waals surface area contributed by atoms with Gasteiger partial charge in [-0.25, -0.2) is 4.39 Å². The van der Waals surface area contributed by atoms with E-state index in [4.69, 9.17) is 5.73 Å². The van der Waals surface area contributed by atoms with Crippen molar-refractivity contribution in [2.45, 2.75) is 38.6 Å². The van der Waals surface area contributed by atoms with E-state index in [9.17, 15) is 9.18 Å². The van der Waals surface area contributed by atoms with E-state index in [2.05, 4.69) is 10.2 Å². The van der Waals surface area contributed by atoms with Gasteiger partial charge in [-0.2, -0.15) is 0 Å². The molecule has 0 aliphatic carbocycles. The van der Waals surface area contributed by atoms with Crippen LogP contribution in [0.25, 0.3) is 0 Å². The van der Waals surface area contributed by atoms with Crippen LogP contribution in [0, 0.1) is 5.82 Å². The van der Waals surface area contributed by atoms with Crippen LogP contribution in [-0.4, -0.2) is 25.0 Å². The predicted octanol–water partition coefficient (Wildman–Crippen LogP) is 2.49. The molecule has 1 saturated heterocycles. The van der Waals surface area contributed by atoms with E-state index < -0.39 is 0 Å². The van der Waals surface area contributed by atoms with Gasteiger partial charge in [0.1, 0.15) is 11.5 Å². The Kier molecular flexibility index (Phi) is 4.95. The van der Waals surface area contributed by atoms with Crippen molar-refractivity contribution < 1.29 is 9.18 Å². The number of nitrogens with zero attached hydrogens (tertiary/aromatic N) is 1. The first-order chi connectivity index (χ1) is 9.58. The minimum atomic E-state index is -0.386. The molecule has 1 fully saturated rings. The van der Waals surface area contributed by atoms with Crippen molar-refractivity contribution in [2.24, 2.45) is 5.73 Å². The monoisotopic (exact) mass is 279 g/mol. The first kappa shape index (κ1) is 14.8. The molecule has 0 aromatic heterocycles. The van der Waals surface area contributed by atoms with Crippen LogP contribution in [-0.2, 0) is 4.79 Å². The lowest BCUT2D eigenvalue weighted by Crippen LogP contribution is -2.23. The Balaban J connectivity index is 2.11. The minimum absolute atomic E-state index is 0.0283. The van der Waals surface area contributed by atoms with E-state index in [1.165, 1.54) is 6.07 Å². The van der Waals surface area contributed by atoms with Crippen LogP contribution in [0.4, 0.5) is 15.8 Å². The number of carbonyl (C=O) groups excluding carboxylic acids is 1. The van der Waals surface area contributed by atoms with E-state index in [0.29, 0.717) is 18.5 Å². The fourth-order valence-electron chi connectivity index (χ4n) is 2.42. The van der Waals surface area contributed by atoms with Gasteiger partial charge in [0.15, 0.2) is 0 Å². The van der Waals surface area contributed by atoms with Crippen LogP contribution in [0.15, 0.2) is 18.2 Å². The van der Waals surface area contributed by atoms with Crippen molar-refractivity contribution in [2.75, 3.05) is 23.3 Å². The van der Waals surface area contributed by atoms with E-state index >= 15 is 0 Å². The van der Waals surface area contributed by atoms with Crippen LogP contribution in [0.2, 0.25) is 0 Å². The largest absolute Gasteiger partial charge is 0.370 e. The molecule has 4 nitrogen and oxygen atoms in total. The van der Waals surface area contributed by atoms with Crippen LogP contribution in [0.3, 0.4) is 0 Å². The summed E-state index contributed by atoms with van der Waals surface area (Å²) in [7, 11) is 0. The zero-order chi connectivity index (χ0) is 14.5. The number of nitrogens with one attached hydrogen (secondary N) is 1. The summed E-state index contributed by atoms with van der Waals surface area (Å²) in [6, 6.07) is 4.89. The third-order valence-corrected chi connectivity index (χ3v) is 3.53. The van der Waals surface area contributed by atoms with Crippen LogP contribution >= 0.6 is 0 Å². The van der Waals surface area contributed by atoms with Gasteiger partial charge in [0.2, 0.25) is 5.91 Å². The molecule has 0 saturated carbocycles. The molecular weight excluding hydrogens is 257 g/mol. The van der Waals surface area contributed by atoms with Gasteiger partial charge in [-0.05, 0) is 38.3 Å². The molecule has 1 unspecified atom stereocenters. The predicted molar refractivity (Wildman–Crippen MR) is 79.4 cm³/mol. The first-order valence-electron chi connectivity index (χ1n) is 7.17. The lowest BCUT2D eigenvalue weighted by Gasteiger charge is -2.22. The number of amides is 1. The Labute approximate surface area is 119 Å². The molecule has 1 amide bonds. The standard InChI is InChI=1S/C15H22FN3O/c1-11(17)7-8-14(20)18-15-12(16)5-4-6-13(15)19-9-2-3-10-19/h4-6,11H,2-3,7-10,17H2,1H3,(H,18,20). The highest BCUT2D eigenvalue weighted by Gasteiger charge is 2.19. The van der Waals surface area contributed by atoms with Gasteiger partial charge in [-0.3, -0.25) is 4.79 Å². The smallest absolute Gasteiger partial charge is 0.224 e. The molecular formula is C15H22FN3O. The van der Waals surface area contributed by atoms with Gasteiger partial charge in [-0.15, -0.1) is 0 Å². The minimum Gasteiger partial charge on any atom is -0.370 e. The fraction of sp³-hybridized carbons (Fsp3) is 0.533. The second-order valence-corrected chi connectivity index (χ2v) is 5.39. The quantitative estimate of drug-likeness (QED) is 0.870. The van der Waals surface area contributed by atoms with Crippen LogP contribution in [0.1, 0.15) is 32.6 Å². The molecule has 2 rings (SSSR count). The highest BCUT2D eigenvalue weighted by Crippen LogP contribution is 2.31. The number of hydrogen-bond donors (Lipinski definition) is 2. The molecule has 0 spiro atoms. The summed E-state index contributed by atoms with van der Waals surface area (Å²) < 4.78 is 14.0. The van der Waals surface area contributed by atoms with Gasteiger partial charge < -0.3 is 16.0 Å². The molecule has 1 aliphatic rings. The Morgan fingerprint density at radius 3 is 2.80 bits per heavy atom. The van der Waals surface area contributed by atoms with Crippen molar-refractivity contribution in [3.8, 4) is 0 Å². The van der Waals surface area contributed by atoms with E-state index in [1.807, 2.05) is 13.0 Å². The number of nitrogens with two attached hydrogens (primary N) is 1. The van der Waals surface area contributed by atoms with Gasteiger partial charge >= 0.3 is 0 Å². The Bertz CT molecular complexity index is 470. The van der Waals surface area contributed by atoms with Crippen molar-refractivity contribution in [1.29, 1.82) is 0 Å². The zero-order valence-electron chi connectivity index (χ0n) is 11.9. The van der Waals surface area contributed by atoms with Gasteiger partial charge in [0.25, 0.3) is 0 Å². The molecule has 1 aromatic rings. The molecule has 1 heterocycles. The van der Waals surface area contributed by atoms with E-state index in [0.717, 1.165) is 31.6 Å². The summed E-state index contributed by atoms with van der Waals surface area (Å²) in [5.41, 5.74) is 6.70. The molecule has 20 heavy (non-hydrogen) atoms. The molecule has 1 aliphatic heterocycles. The molecule has 1 aromatic carbocycles. The molecule has 110 valence electrons. The molecule has 0 radical (unpaired) electrons. The van der Waals surface area contributed by atoms with Gasteiger partial charge in [-0.1, -0.05) is 6.07 Å². The SMILES string of the molecule is CC(N)CCC(=O)Nc1c(F)cccc1N1CCCC1. The highest BCUT2D eigenvalue weighted by atomic mass is 19.1. The molecule has 5 heteroatoms. The summed E-state index contributed by atoms with van der Waals surface area (Å²) in [6.07, 6.45) is 3.12. The second kappa shape index (κ2) is 6.70. The number of carbonyl (C=O) groups is 1. The molecule has 3 N–H and O–H groups in total. The summed E-state index contributed by atoms with van der Waals surface area (Å²) >= 11 is 0. The van der Waals surface area contributed by atoms with Crippen molar-refractivity contribution in [1.82, 2.24) is 0 Å². The van der Waals surface area contributed by atoms with Crippen molar-refractivity contribution in [3.63, 3.8) is 0 Å². The Hall–Kier alpha value is -1.62. The average molecular weight is 279 g/mol. The number of rotatable bonds is 5. The second-order valence-electron chi connectivity index (χ2n) is 5.39. The van der Waals surface area contributed by atoms with Crippen LogP contribution in [0.5, 0.6) is 0 Å². The third-order valence-electron chi connectivity index (χ3n) is 3.53. The van der Waals surface area contributed by atoms with Gasteiger partial charge in [0, 0.05) is 25.6 Å². The zero-order valence-corrected chi connectivity index (χ0v) is 11.9. The van der Waals surface area contributed by atoms with Crippen molar-refractivity contribution >= 4 is 17.3 Å². The summed E-state index contributed by atoms with van der Waals surface area (Å²) in [5.74, 6) is -0.573. The number of anilines is 2. The van der Waals surface area contributed by atoms with Crippen molar-refractivity contribution in [3.05, 3.63) is 24.0 Å². The lowest BCUT2D eigenvalue weighted by molar-refractivity contribution is -0.116. The van der Waals surface area contributed by atoms with E-state index in [-0.39, 0.29) is 17.8 Å². The number of para-hydroxylation sites is 1. The maximum atomic E-state index is 14.0. The first-order valence-corrected chi connectivity index (χ1v) is 7.17. The number of halogens is 1. The Morgan fingerprint density at radius 2 is 2.15 bits per heavy atom. The summed E-state index contributed by atoms with van der Waals surface area (Å²) in [6.45, 7) is 3.67. The highest BCUT2D eigenvalue weighted by molar-refractivity contribution is 5.94. The maximum absolute atomic E-state index is 14.0. The maximum Gasteiger partial charge on any atom is 0.224 e. The third kappa shape index (κ3) is 3.70. The normalized spacial score (nSPS) is 16.2. The number of benzene rings is 1. The molecule has 0 bridgehead atoms. The lowest BCUT2D eigenvalue weighted by atomic mass is 10.1. The fourth-order valence-corrected chi connectivity index (χ4v) is 2.42. The number of hydrogen-bond acceptors (Lipinski definition) is 3. The van der Waals surface area contributed by atoms with Crippen LogP contribution < -0.4 is 16.0 Å². The van der Waals surface area contributed by atoms with E-state index in [1.54, 1.807) is 6.07 Å². The average Bonchev–Trinajstić information content (AvgIpc) is 2.92. The molecule has 1 atom stereocenters. The summed E-state index contributed by atoms with van der Waals surface area (Å²) in [5, 5.41) is 2.70.